The van der Waals surface area contributed by atoms with Crippen molar-refractivity contribution in [1.82, 2.24) is 19.5 Å². The van der Waals surface area contributed by atoms with Gasteiger partial charge in [-0.1, -0.05) is 0 Å². The average molecular weight is 313 g/mol. The third-order valence-corrected chi connectivity index (χ3v) is 3.57. The molecule has 0 saturated carbocycles. The highest BCUT2D eigenvalue weighted by Gasteiger charge is 2.45. The van der Waals surface area contributed by atoms with E-state index in [9.17, 15) is 10.2 Å². The zero-order valence-electron chi connectivity index (χ0n) is 10.9. The molecule has 114 valence electrons. The molecule has 3 rings (SSSR count). The molecule has 9 nitrogen and oxygen atoms in total. The predicted octanol–water partition coefficient (Wildman–Crippen LogP) is -1.07. The zero-order valence-corrected chi connectivity index (χ0v) is 11.8. The Kier molecular flexibility index (Phi) is 3.95. The lowest BCUT2D eigenvalue weighted by atomic mass is 10.1. The summed E-state index contributed by atoms with van der Waals surface area (Å²) >= 11 is 4.00. The first-order valence-electron chi connectivity index (χ1n) is 6.27. The first-order valence-corrected chi connectivity index (χ1v) is 6.90. The van der Waals surface area contributed by atoms with Crippen LogP contribution in [0.2, 0.25) is 0 Å². The van der Waals surface area contributed by atoms with E-state index in [1.807, 2.05) is 0 Å². The molecule has 0 amide bonds. The number of hydrogen-bond donors (Lipinski definition) is 4. The molecule has 0 spiro atoms. The minimum absolute atomic E-state index is 0.101. The first-order chi connectivity index (χ1) is 10.2. The van der Waals surface area contributed by atoms with Gasteiger partial charge in [0.05, 0.1) is 18.9 Å². The van der Waals surface area contributed by atoms with Gasteiger partial charge < -0.3 is 25.4 Å². The Morgan fingerprint density at radius 3 is 2.95 bits per heavy atom. The summed E-state index contributed by atoms with van der Waals surface area (Å²) < 4.78 is 12.7. The number of aliphatic hydroxyl groups excluding tert-OH is 2. The lowest BCUT2D eigenvalue weighted by molar-refractivity contribution is -0.0606. The van der Waals surface area contributed by atoms with E-state index >= 15 is 0 Å². The van der Waals surface area contributed by atoms with Crippen LogP contribution in [0.4, 0.5) is 5.82 Å². The fourth-order valence-corrected chi connectivity index (χ4v) is 2.59. The molecule has 4 atom stereocenters. The van der Waals surface area contributed by atoms with E-state index in [1.165, 1.54) is 12.7 Å². The molecule has 1 aliphatic heterocycles. The van der Waals surface area contributed by atoms with Crippen LogP contribution in [0.1, 0.15) is 6.23 Å². The van der Waals surface area contributed by atoms with Crippen molar-refractivity contribution in [3.63, 3.8) is 0 Å². The molecule has 3 heterocycles. The van der Waals surface area contributed by atoms with E-state index in [1.54, 1.807) is 4.57 Å². The molecule has 0 aliphatic carbocycles. The number of aliphatic hydroxyl groups is 2. The molecule has 10 heteroatoms. The molecule has 0 bridgehead atoms. The Balaban J connectivity index is 2.02. The van der Waals surface area contributed by atoms with Crippen molar-refractivity contribution in [3.05, 3.63) is 12.7 Å². The van der Waals surface area contributed by atoms with Crippen LogP contribution in [0.5, 0.6) is 0 Å². The molecule has 1 saturated heterocycles. The molecule has 2 aromatic heterocycles. The van der Waals surface area contributed by atoms with Crippen molar-refractivity contribution in [3.8, 4) is 0 Å². The molecule has 1 fully saturated rings. The van der Waals surface area contributed by atoms with Crippen LogP contribution < -0.4 is 5.73 Å². The second-order valence-corrected chi connectivity index (χ2v) is 4.84. The van der Waals surface area contributed by atoms with Gasteiger partial charge in [0.25, 0.3) is 0 Å². The van der Waals surface area contributed by atoms with Gasteiger partial charge in [0.2, 0.25) is 0 Å². The van der Waals surface area contributed by atoms with Gasteiger partial charge in [-0.3, -0.25) is 4.57 Å². The van der Waals surface area contributed by atoms with Crippen molar-refractivity contribution in [2.45, 2.75) is 24.5 Å². The number of aromatic nitrogens is 4. The Morgan fingerprint density at radius 2 is 2.24 bits per heavy atom. The number of ether oxygens (including phenoxy) is 2. The van der Waals surface area contributed by atoms with E-state index in [2.05, 4.69) is 27.6 Å². The summed E-state index contributed by atoms with van der Waals surface area (Å²) in [5, 5.41) is 19.4. The van der Waals surface area contributed by atoms with E-state index in [4.69, 9.17) is 15.2 Å². The minimum atomic E-state index is -0.983. The van der Waals surface area contributed by atoms with Gasteiger partial charge in [-0.05, 0) is 0 Å². The lowest BCUT2D eigenvalue weighted by Gasteiger charge is -2.21. The number of hydrogen-bond acceptors (Lipinski definition) is 9. The van der Waals surface area contributed by atoms with Gasteiger partial charge in [-0.25, -0.2) is 15.0 Å². The lowest BCUT2D eigenvalue weighted by Crippen LogP contribution is -2.35. The largest absolute Gasteiger partial charge is 0.394 e. The van der Waals surface area contributed by atoms with Gasteiger partial charge >= 0.3 is 0 Å². The fourth-order valence-electron chi connectivity index (χ4n) is 2.42. The fraction of sp³-hybridized carbons (Fsp3) is 0.545. The van der Waals surface area contributed by atoms with Crippen LogP contribution in [0.15, 0.2) is 12.7 Å². The van der Waals surface area contributed by atoms with Crippen LogP contribution in [0.3, 0.4) is 0 Å². The summed E-state index contributed by atoms with van der Waals surface area (Å²) in [6.45, 7) is -0.326. The standard InChI is InChI=1S/C11H15N5O4S/c12-9-6-10(14-2-13-9)16(3-15-6)11-8(19-4-21)7(18)5(1-17)20-11/h2-3,5,7-8,11,17-18,21H,1,4H2,(H2,12,13,14)/t5-,7+,8-,11-/m1/s1. The van der Waals surface area contributed by atoms with Gasteiger partial charge in [0, 0.05) is 0 Å². The summed E-state index contributed by atoms with van der Waals surface area (Å²) in [7, 11) is 0. The predicted molar refractivity (Wildman–Crippen MR) is 75.5 cm³/mol. The topological polar surface area (TPSA) is 129 Å². The molecule has 0 radical (unpaired) electrons. The quantitative estimate of drug-likeness (QED) is 0.415. The second kappa shape index (κ2) is 5.73. The van der Waals surface area contributed by atoms with Crippen molar-refractivity contribution in [2.75, 3.05) is 18.3 Å². The average Bonchev–Trinajstić information content (AvgIpc) is 3.03. The van der Waals surface area contributed by atoms with E-state index in [-0.39, 0.29) is 18.4 Å². The zero-order chi connectivity index (χ0) is 15.0. The maximum atomic E-state index is 10.1. The van der Waals surface area contributed by atoms with E-state index in [0.717, 1.165) is 0 Å². The summed E-state index contributed by atoms with van der Waals surface area (Å²) in [6.07, 6.45) is -0.321. The van der Waals surface area contributed by atoms with Crippen molar-refractivity contribution >= 4 is 29.6 Å². The Labute approximate surface area is 125 Å². The number of nitrogens with zero attached hydrogens (tertiary/aromatic N) is 4. The van der Waals surface area contributed by atoms with Crippen LogP contribution in [0.25, 0.3) is 11.2 Å². The highest BCUT2D eigenvalue weighted by atomic mass is 32.1. The molecule has 4 N–H and O–H groups in total. The van der Waals surface area contributed by atoms with Crippen molar-refractivity contribution in [1.29, 1.82) is 0 Å². The molecule has 0 unspecified atom stereocenters. The third kappa shape index (κ3) is 2.34. The summed E-state index contributed by atoms with van der Waals surface area (Å²) in [6, 6.07) is 0. The highest BCUT2D eigenvalue weighted by Crippen LogP contribution is 2.33. The molecule has 21 heavy (non-hydrogen) atoms. The molecular formula is C11H15N5O4S. The van der Waals surface area contributed by atoms with Crippen molar-refractivity contribution in [2.24, 2.45) is 0 Å². The smallest absolute Gasteiger partial charge is 0.167 e. The minimum Gasteiger partial charge on any atom is -0.394 e. The summed E-state index contributed by atoms with van der Waals surface area (Å²) in [4.78, 5) is 12.1. The Morgan fingerprint density at radius 1 is 1.43 bits per heavy atom. The maximum Gasteiger partial charge on any atom is 0.167 e. The number of imidazole rings is 1. The van der Waals surface area contributed by atoms with Crippen LogP contribution in [0, 0.1) is 0 Å². The highest BCUT2D eigenvalue weighted by molar-refractivity contribution is 7.80. The van der Waals surface area contributed by atoms with Gasteiger partial charge in [-0.2, -0.15) is 12.6 Å². The number of nitrogens with two attached hydrogens (primary N) is 1. The van der Waals surface area contributed by atoms with Gasteiger partial charge in [-0.15, -0.1) is 0 Å². The normalized spacial score (nSPS) is 29.3. The number of anilines is 1. The van der Waals surface area contributed by atoms with Gasteiger partial charge in [0.15, 0.2) is 17.7 Å². The van der Waals surface area contributed by atoms with Crippen molar-refractivity contribution < 1.29 is 19.7 Å². The van der Waals surface area contributed by atoms with Crippen LogP contribution >= 0.6 is 12.6 Å². The number of nitrogen functional groups attached to an aromatic ring is 1. The maximum absolute atomic E-state index is 10.1. The monoisotopic (exact) mass is 313 g/mol. The molecule has 0 aromatic carbocycles. The molecular weight excluding hydrogens is 298 g/mol. The van der Waals surface area contributed by atoms with E-state index in [0.29, 0.717) is 11.2 Å². The van der Waals surface area contributed by atoms with Crippen LogP contribution in [-0.2, 0) is 9.47 Å². The second-order valence-electron chi connectivity index (χ2n) is 4.58. The number of thiol groups is 1. The SMILES string of the molecule is Nc1ncnc2c1ncn2[C@@H]1O[C@H](CO)[C@H](O)[C@H]1OCS. The number of rotatable bonds is 4. The first kappa shape index (κ1) is 14.5. The number of fused-ring (bicyclic) bond motifs is 1. The van der Waals surface area contributed by atoms with Crippen LogP contribution in [-0.4, -0.2) is 60.6 Å². The Hall–Kier alpha value is -1.46. The summed E-state index contributed by atoms with van der Waals surface area (Å²) in [5.74, 6) is 0.353. The summed E-state index contributed by atoms with van der Waals surface area (Å²) in [5.41, 5.74) is 6.64. The van der Waals surface area contributed by atoms with Gasteiger partial charge in [0.1, 0.15) is 30.2 Å². The molecule has 2 aromatic rings. The third-order valence-electron chi connectivity index (χ3n) is 3.42. The van der Waals surface area contributed by atoms with E-state index < -0.39 is 24.5 Å². The molecule has 1 aliphatic rings. The Bertz CT molecular complexity index is 638.